The van der Waals surface area contributed by atoms with E-state index in [9.17, 15) is 0 Å². The third-order valence-electron chi connectivity index (χ3n) is 7.73. The summed E-state index contributed by atoms with van der Waals surface area (Å²) in [6.45, 7) is 6.02. The van der Waals surface area contributed by atoms with Crippen LogP contribution >= 0.6 is 0 Å². The van der Waals surface area contributed by atoms with E-state index in [1.54, 1.807) is 0 Å². The Bertz CT molecular complexity index is 1330. The van der Waals surface area contributed by atoms with Gasteiger partial charge in [-0.25, -0.2) is 9.50 Å². The second kappa shape index (κ2) is 6.87. The summed E-state index contributed by atoms with van der Waals surface area (Å²) in [5, 5.41) is 9.08. The molecule has 4 aromatic rings. The van der Waals surface area contributed by atoms with E-state index in [1.165, 1.54) is 11.1 Å². The highest BCUT2D eigenvalue weighted by atomic mass is 15.3. The lowest BCUT2D eigenvalue weighted by molar-refractivity contribution is 0.187. The smallest absolute Gasteiger partial charge is 0.155 e. The summed E-state index contributed by atoms with van der Waals surface area (Å²) in [7, 11) is 1.96. The van der Waals surface area contributed by atoms with Gasteiger partial charge >= 0.3 is 0 Å². The molecule has 0 amide bonds. The SMILES string of the molecule is Cc1nc(N2CCC3(CC2)Cc2ccncc2[C@H]3N)c2ccnn2c1-c1cnn(C)c1C. The first kappa shape index (κ1) is 19.4. The first-order valence-corrected chi connectivity index (χ1v) is 11.3. The van der Waals surface area contributed by atoms with Gasteiger partial charge in [-0.1, -0.05) is 0 Å². The number of hydrogen-bond donors (Lipinski definition) is 1. The number of aromatic nitrogens is 6. The van der Waals surface area contributed by atoms with E-state index in [-0.39, 0.29) is 11.5 Å². The minimum absolute atomic E-state index is 0.0639. The Kier molecular flexibility index (Phi) is 4.17. The maximum Gasteiger partial charge on any atom is 0.155 e. The van der Waals surface area contributed by atoms with Crippen molar-refractivity contribution < 1.29 is 0 Å². The van der Waals surface area contributed by atoms with Gasteiger partial charge in [-0.3, -0.25) is 9.67 Å². The number of hydrogen-bond acceptors (Lipinski definition) is 6. The van der Waals surface area contributed by atoms with E-state index in [1.807, 2.05) is 41.0 Å². The highest BCUT2D eigenvalue weighted by Crippen LogP contribution is 2.51. The van der Waals surface area contributed by atoms with Crippen molar-refractivity contribution >= 4 is 11.3 Å². The van der Waals surface area contributed by atoms with Gasteiger partial charge < -0.3 is 10.6 Å². The molecule has 1 saturated heterocycles. The Morgan fingerprint density at radius 3 is 2.59 bits per heavy atom. The molecule has 0 aromatic carbocycles. The fraction of sp³-hybridized carbons (Fsp3) is 0.417. The van der Waals surface area contributed by atoms with Crippen molar-refractivity contribution in [2.24, 2.45) is 18.2 Å². The lowest BCUT2D eigenvalue weighted by Gasteiger charge is -2.42. The molecule has 8 heteroatoms. The zero-order chi connectivity index (χ0) is 22.0. The maximum atomic E-state index is 6.74. The fourth-order valence-electron chi connectivity index (χ4n) is 5.69. The van der Waals surface area contributed by atoms with Crippen molar-refractivity contribution in [3.05, 3.63) is 59.4 Å². The number of aryl methyl sites for hydroxylation is 2. The Labute approximate surface area is 187 Å². The number of piperidine rings is 1. The molecular weight excluding hydrogens is 400 g/mol. The lowest BCUT2D eigenvalue weighted by atomic mass is 9.73. The van der Waals surface area contributed by atoms with Crippen LogP contribution < -0.4 is 10.6 Å². The predicted molar refractivity (Wildman–Crippen MR) is 123 cm³/mol. The van der Waals surface area contributed by atoms with Gasteiger partial charge in [0, 0.05) is 49.8 Å². The average Bonchev–Trinajstić information content (AvgIpc) is 3.48. The highest BCUT2D eigenvalue weighted by molar-refractivity contribution is 5.76. The lowest BCUT2D eigenvalue weighted by Crippen LogP contribution is -2.44. The van der Waals surface area contributed by atoms with Gasteiger partial charge in [-0.2, -0.15) is 10.2 Å². The average molecular weight is 429 g/mol. The van der Waals surface area contributed by atoms with Crippen LogP contribution in [0, 0.1) is 19.3 Å². The Morgan fingerprint density at radius 1 is 1.06 bits per heavy atom. The minimum atomic E-state index is 0.0639. The molecule has 32 heavy (non-hydrogen) atoms. The normalized spacial score (nSPS) is 19.8. The van der Waals surface area contributed by atoms with Crippen LogP contribution in [0.5, 0.6) is 0 Å². The second-order valence-electron chi connectivity index (χ2n) is 9.34. The van der Waals surface area contributed by atoms with Gasteiger partial charge in [-0.15, -0.1) is 0 Å². The molecule has 164 valence electrons. The topological polar surface area (TPSA) is 90.2 Å². The standard InChI is InChI=1S/C24H28N8/c1-15-21(18-14-28-30(3)16(18)2)32-20(5-9-27-32)23(29-15)31-10-6-24(7-11-31)12-17-4-8-26-13-19(17)22(24)25/h4-5,8-9,13-14,22H,6-7,10-12,25H2,1-3H3/t22-/m1/s1. The third-order valence-corrected chi connectivity index (χ3v) is 7.73. The molecule has 0 radical (unpaired) electrons. The predicted octanol–water partition coefficient (Wildman–Crippen LogP) is 2.98. The quantitative estimate of drug-likeness (QED) is 0.528. The third kappa shape index (κ3) is 2.65. The van der Waals surface area contributed by atoms with Crippen LogP contribution in [0.2, 0.25) is 0 Å². The highest BCUT2D eigenvalue weighted by Gasteiger charge is 2.46. The molecule has 6 rings (SSSR count). The first-order chi connectivity index (χ1) is 15.5. The van der Waals surface area contributed by atoms with E-state index in [0.29, 0.717) is 0 Å². The molecule has 1 spiro atoms. The summed E-state index contributed by atoms with van der Waals surface area (Å²) in [4.78, 5) is 11.8. The second-order valence-corrected chi connectivity index (χ2v) is 9.34. The van der Waals surface area contributed by atoms with Crippen LogP contribution in [-0.4, -0.2) is 42.5 Å². The van der Waals surface area contributed by atoms with Crippen LogP contribution in [0.15, 0.2) is 36.9 Å². The molecule has 1 aliphatic heterocycles. The summed E-state index contributed by atoms with van der Waals surface area (Å²) < 4.78 is 3.91. The molecule has 1 atom stereocenters. The minimum Gasteiger partial charge on any atom is -0.355 e. The van der Waals surface area contributed by atoms with Gasteiger partial charge in [0.15, 0.2) is 5.82 Å². The van der Waals surface area contributed by atoms with Crippen molar-refractivity contribution in [3.8, 4) is 11.3 Å². The largest absolute Gasteiger partial charge is 0.355 e. The zero-order valence-electron chi connectivity index (χ0n) is 18.8. The van der Waals surface area contributed by atoms with E-state index >= 15 is 0 Å². The molecule has 8 nitrogen and oxygen atoms in total. The van der Waals surface area contributed by atoms with Gasteiger partial charge in [0.25, 0.3) is 0 Å². The van der Waals surface area contributed by atoms with E-state index in [4.69, 9.17) is 10.7 Å². The van der Waals surface area contributed by atoms with Crippen molar-refractivity contribution in [1.29, 1.82) is 0 Å². The molecular formula is C24H28N8. The number of anilines is 1. The summed E-state index contributed by atoms with van der Waals surface area (Å²) in [6.07, 6.45) is 10.7. The Morgan fingerprint density at radius 2 is 1.88 bits per heavy atom. The van der Waals surface area contributed by atoms with Crippen molar-refractivity contribution in [2.45, 2.75) is 39.2 Å². The van der Waals surface area contributed by atoms with Crippen LogP contribution in [0.4, 0.5) is 5.82 Å². The zero-order valence-corrected chi connectivity index (χ0v) is 18.8. The summed E-state index contributed by atoms with van der Waals surface area (Å²) in [5.41, 5.74) is 14.6. The van der Waals surface area contributed by atoms with Crippen molar-refractivity contribution in [1.82, 2.24) is 29.4 Å². The number of rotatable bonds is 2. The van der Waals surface area contributed by atoms with E-state index in [0.717, 1.165) is 66.3 Å². The van der Waals surface area contributed by atoms with Crippen LogP contribution in [0.1, 0.15) is 41.4 Å². The molecule has 2 aliphatic rings. The molecule has 1 aliphatic carbocycles. The van der Waals surface area contributed by atoms with Gasteiger partial charge in [0.05, 0.1) is 23.8 Å². The molecule has 0 bridgehead atoms. The molecule has 2 N–H and O–H groups in total. The molecule has 1 fully saturated rings. The van der Waals surface area contributed by atoms with Crippen LogP contribution in [-0.2, 0) is 13.5 Å². The first-order valence-electron chi connectivity index (χ1n) is 11.3. The summed E-state index contributed by atoms with van der Waals surface area (Å²) in [5.74, 6) is 1.01. The molecule has 4 aromatic heterocycles. The van der Waals surface area contributed by atoms with Gasteiger partial charge in [0.2, 0.25) is 0 Å². The fourth-order valence-corrected chi connectivity index (χ4v) is 5.69. The number of nitrogens with two attached hydrogens (primary N) is 1. The van der Waals surface area contributed by atoms with Gasteiger partial charge in [0.1, 0.15) is 5.52 Å². The molecule has 0 unspecified atom stereocenters. The summed E-state index contributed by atoms with van der Waals surface area (Å²) in [6, 6.07) is 4.26. The van der Waals surface area contributed by atoms with Crippen molar-refractivity contribution in [2.75, 3.05) is 18.0 Å². The number of nitrogens with zero attached hydrogens (tertiary/aromatic N) is 7. The van der Waals surface area contributed by atoms with Gasteiger partial charge in [-0.05, 0) is 61.8 Å². The van der Waals surface area contributed by atoms with Crippen molar-refractivity contribution in [3.63, 3.8) is 0 Å². The van der Waals surface area contributed by atoms with Crippen LogP contribution in [0.25, 0.3) is 16.8 Å². The van der Waals surface area contributed by atoms with E-state index < -0.39 is 0 Å². The number of fused-ring (bicyclic) bond motifs is 2. The maximum absolute atomic E-state index is 6.74. The Hall–Kier alpha value is -3.26. The van der Waals surface area contributed by atoms with E-state index in [2.05, 4.69) is 46.1 Å². The monoisotopic (exact) mass is 428 g/mol. The Balaban J connectivity index is 1.34. The molecule has 5 heterocycles. The number of pyridine rings is 1. The summed E-state index contributed by atoms with van der Waals surface area (Å²) >= 11 is 0. The van der Waals surface area contributed by atoms with Crippen LogP contribution in [0.3, 0.4) is 0 Å². The molecule has 0 saturated carbocycles.